The van der Waals surface area contributed by atoms with Crippen molar-refractivity contribution in [2.75, 3.05) is 19.6 Å². The van der Waals surface area contributed by atoms with Crippen LogP contribution in [0.4, 0.5) is 4.39 Å². The van der Waals surface area contributed by atoms with Gasteiger partial charge in [0.2, 0.25) is 5.91 Å². The van der Waals surface area contributed by atoms with E-state index < -0.39 is 5.82 Å². The Morgan fingerprint density at radius 2 is 1.96 bits per heavy atom. The number of carbonyl (C=O) groups is 1. The first-order valence-corrected chi connectivity index (χ1v) is 10.4. The molecule has 5 nitrogen and oxygen atoms in total. The second-order valence-electron chi connectivity index (χ2n) is 8.12. The molecule has 1 heterocycles. The molecule has 2 fully saturated rings. The van der Waals surface area contributed by atoms with Gasteiger partial charge in [-0.2, -0.15) is 5.26 Å². The molecule has 1 aliphatic carbocycles. The van der Waals surface area contributed by atoms with Gasteiger partial charge in [0.25, 0.3) is 0 Å². The van der Waals surface area contributed by atoms with Crippen molar-refractivity contribution in [1.82, 2.24) is 10.2 Å². The molecule has 1 aliphatic heterocycles. The predicted molar refractivity (Wildman–Crippen MR) is 105 cm³/mol. The van der Waals surface area contributed by atoms with E-state index in [1.807, 2.05) is 6.07 Å². The SMILES string of the molecule is CC(=O)N[C@H]1CC[C@H](CCN2CCC(Oc3ccc(F)cc3C#N)CC2)CC1. The van der Waals surface area contributed by atoms with Gasteiger partial charge in [0.15, 0.2) is 0 Å². The number of amides is 1. The van der Waals surface area contributed by atoms with Crippen LogP contribution in [0.15, 0.2) is 18.2 Å². The highest BCUT2D eigenvalue weighted by atomic mass is 19.1. The predicted octanol–water partition coefficient (Wildman–Crippen LogP) is 3.63. The zero-order chi connectivity index (χ0) is 19.9. The van der Waals surface area contributed by atoms with E-state index in [1.54, 1.807) is 13.0 Å². The fourth-order valence-corrected chi connectivity index (χ4v) is 4.37. The van der Waals surface area contributed by atoms with E-state index in [2.05, 4.69) is 10.2 Å². The minimum absolute atomic E-state index is 0.0797. The van der Waals surface area contributed by atoms with Gasteiger partial charge in [-0.1, -0.05) is 0 Å². The highest BCUT2D eigenvalue weighted by Gasteiger charge is 2.24. The summed E-state index contributed by atoms with van der Waals surface area (Å²) in [6.45, 7) is 4.70. The molecule has 1 saturated heterocycles. The summed E-state index contributed by atoms with van der Waals surface area (Å²) in [4.78, 5) is 13.7. The minimum atomic E-state index is -0.412. The summed E-state index contributed by atoms with van der Waals surface area (Å²) in [7, 11) is 0. The Labute approximate surface area is 166 Å². The molecule has 0 aromatic heterocycles. The Morgan fingerprint density at radius 1 is 1.25 bits per heavy atom. The summed E-state index contributed by atoms with van der Waals surface area (Å²) >= 11 is 0. The normalized spacial score (nSPS) is 23.8. The van der Waals surface area contributed by atoms with E-state index in [4.69, 9.17) is 10.00 Å². The zero-order valence-electron chi connectivity index (χ0n) is 16.6. The maximum Gasteiger partial charge on any atom is 0.217 e. The molecule has 1 amide bonds. The molecule has 1 N–H and O–H groups in total. The second kappa shape index (κ2) is 9.88. The maximum absolute atomic E-state index is 13.2. The van der Waals surface area contributed by atoms with E-state index >= 15 is 0 Å². The summed E-state index contributed by atoms with van der Waals surface area (Å²) < 4.78 is 19.2. The van der Waals surface area contributed by atoms with Crippen molar-refractivity contribution in [1.29, 1.82) is 5.26 Å². The van der Waals surface area contributed by atoms with Crippen LogP contribution >= 0.6 is 0 Å². The summed E-state index contributed by atoms with van der Waals surface area (Å²) in [6.07, 6.45) is 7.75. The minimum Gasteiger partial charge on any atom is -0.489 e. The molecule has 3 rings (SSSR count). The molecule has 0 radical (unpaired) electrons. The first kappa shape index (κ1) is 20.6. The number of carbonyl (C=O) groups excluding carboxylic acids is 1. The fraction of sp³-hybridized carbons (Fsp3) is 0.636. The number of nitrogens with zero attached hydrogens (tertiary/aromatic N) is 2. The van der Waals surface area contributed by atoms with Crippen molar-refractivity contribution >= 4 is 5.91 Å². The van der Waals surface area contributed by atoms with Crippen LogP contribution in [0.2, 0.25) is 0 Å². The number of hydrogen-bond acceptors (Lipinski definition) is 4. The Hall–Kier alpha value is -2.13. The van der Waals surface area contributed by atoms with Gasteiger partial charge in [-0.25, -0.2) is 4.39 Å². The number of ether oxygens (including phenoxy) is 1. The molecule has 2 aliphatic rings. The van der Waals surface area contributed by atoms with Gasteiger partial charge >= 0.3 is 0 Å². The van der Waals surface area contributed by atoms with Crippen LogP contribution in [0.5, 0.6) is 5.75 Å². The molecule has 0 bridgehead atoms. The monoisotopic (exact) mass is 387 g/mol. The molecule has 0 spiro atoms. The van der Waals surface area contributed by atoms with E-state index in [0.717, 1.165) is 51.2 Å². The summed E-state index contributed by atoms with van der Waals surface area (Å²) in [5, 5.41) is 12.2. The highest BCUT2D eigenvalue weighted by Crippen LogP contribution is 2.28. The van der Waals surface area contributed by atoms with E-state index in [-0.39, 0.29) is 17.6 Å². The fourth-order valence-electron chi connectivity index (χ4n) is 4.37. The Balaban J connectivity index is 1.36. The highest BCUT2D eigenvalue weighted by molar-refractivity contribution is 5.73. The topological polar surface area (TPSA) is 65.4 Å². The van der Waals surface area contributed by atoms with Gasteiger partial charge in [-0.05, 0) is 75.6 Å². The molecule has 1 aromatic carbocycles. The first-order chi connectivity index (χ1) is 13.5. The standard InChI is InChI=1S/C22H30FN3O2/c1-16(27)25-20-5-2-17(3-6-20)8-11-26-12-9-21(10-13-26)28-22-7-4-19(23)14-18(22)15-24/h4,7,14,17,20-21H,2-3,5-6,8-13H2,1H3,(H,25,27)/t17-,20-. The molecule has 6 heteroatoms. The molecule has 1 saturated carbocycles. The van der Waals surface area contributed by atoms with E-state index in [9.17, 15) is 9.18 Å². The molecule has 152 valence electrons. The van der Waals surface area contributed by atoms with E-state index in [0.29, 0.717) is 11.8 Å². The lowest BCUT2D eigenvalue weighted by atomic mass is 9.84. The second-order valence-corrected chi connectivity index (χ2v) is 8.12. The zero-order valence-corrected chi connectivity index (χ0v) is 16.6. The number of piperidine rings is 1. The summed E-state index contributed by atoms with van der Waals surface area (Å²) in [5.41, 5.74) is 0.261. The number of hydrogen-bond donors (Lipinski definition) is 1. The van der Waals surface area contributed by atoms with Crippen LogP contribution < -0.4 is 10.1 Å². The largest absolute Gasteiger partial charge is 0.489 e. The first-order valence-electron chi connectivity index (χ1n) is 10.4. The van der Waals surface area contributed by atoms with E-state index in [1.165, 1.54) is 31.4 Å². The van der Waals surface area contributed by atoms with Crippen molar-refractivity contribution in [3.05, 3.63) is 29.6 Å². The third-order valence-electron chi connectivity index (χ3n) is 6.00. The van der Waals surface area contributed by atoms with Crippen molar-refractivity contribution < 1.29 is 13.9 Å². The van der Waals surface area contributed by atoms with Crippen molar-refractivity contribution in [2.24, 2.45) is 5.92 Å². The Kier molecular flexibility index (Phi) is 7.27. The van der Waals surface area contributed by atoms with Crippen LogP contribution in [-0.4, -0.2) is 42.6 Å². The third-order valence-corrected chi connectivity index (χ3v) is 6.00. The molecule has 0 atom stereocenters. The molecule has 1 aromatic rings. The Bertz CT molecular complexity index is 702. The molecular formula is C22H30FN3O2. The van der Waals surface area contributed by atoms with Crippen LogP contribution in [0.25, 0.3) is 0 Å². The van der Waals surface area contributed by atoms with Crippen LogP contribution in [-0.2, 0) is 4.79 Å². The summed E-state index contributed by atoms with van der Waals surface area (Å²) in [5.74, 6) is 0.913. The summed E-state index contributed by atoms with van der Waals surface area (Å²) in [6, 6.07) is 6.49. The Morgan fingerprint density at radius 3 is 2.61 bits per heavy atom. The number of halogens is 1. The number of likely N-dealkylation sites (tertiary alicyclic amines) is 1. The average molecular weight is 387 g/mol. The third kappa shape index (κ3) is 5.93. The van der Waals surface area contributed by atoms with Crippen LogP contribution in [0.1, 0.15) is 57.4 Å². The van der Waals surface area contributed by atoms with Crippen LogP contribution in [0.3, 0.4) is 0 Å². The van der Waals surface area contributed by atoms with Crippen molar-refractivity contribution in [3.63, 3.8) is 0 Å². The smallest absolute Gasteiger partial charge is 0.217 e. The number of nitriles is 1. The average Bonchev–Trinajstić information content (AvgIpc) is 2.69. The maximum atomic E-state index is 13.2. The molecule has 0 unspecified atom stereocenters. The number of nitrogens with one attached hydrogen (secondary N) is 1. The van der Waals surface area contributed by atoms with Gasteiger partial charge in [0, 0.05) is 26.1 Å². The van der Waals surface area contributed by atoms with Crippen LogP contribution in [0, 0.1) is 23.1 Å². The number of benzene rings is 1. The molecular weight excluding hydrogens is 357 g/mol. The molecule has 28 heavy (non-hydrogen) atoms. The van der Waals surface area contributed by atoms with Gasteiger partial charge < -0.3 is 15.0 Å². The van der Waals surface area contributed by atoms with Gasteiger partial charge in [0.05, 0.1) is 5.56 Å². The quantitative estimate of drug-likeness (QED) is 0.810. The number of rotatable bonds is 6. The lowest BCUT2D eigenvalue weighted by molar-refractivity contribution is -0.119. The van der Waals surface area contributed by atoms with Crippen molar-refractivity contribution in [2.45, 2.75) is 64.0 Å². The van der Waals surface area contributed by atoms with Crippen molar-refractivity contribution in [3.8, 4) is 11.8 Å². The lowest BCUT2D eigenvalue weighted by Crippen LogP contribution is -2.40. The lowest BCUT2D eigenvalue weighted by Gasteiger charge is -2.34. The van der Waals surface area contributed by atoms with Gasteiger partial charge in [-0.15, -0.1) is 0 Å². The van der Waals surface area contributed by atoms with Gasteiger partial charge in [0.1, 0.15) is 23.7 Å². The van der Waals surface area contributed by atoms with Gasteiger partial charge in [-0.3, -0.25) is 4.79 Å².